The third kappa shape index (κ3) is 2.59. The van der Waals surface area contributed by atoms with Crippen molar-refractivity contribution in [1.82, 2.24) is 4.90 Å². The summed E-state index contributed by atoms with van der Waals surface area (Å²) in [6.45, 7) is 2.80. The first-order valence-electron chi connectivity index (χ1n) is 6.89. The summed E-state index contributed by atoms with van der Waals surface area (Å²) >= 11 is 7.97. The number of fused-ring (bicyclic) bond motifs is 1. The van der Waals surface area contributed by atoms with Gasteiger partial charge in [0.1, 0.15) is 6.04 Å². The van der Waals surface area contributed by atoms with E-state index in [1.807, 2.05) is 17.0 Å². The fourth-order valence-electron chi connectivity index (χ4n) is 3.03. The molecule has 1 aliphatic heterocycles. The monoisotopic (exact) mass is 321 g/mol. The first-order valence-corrected chi connectivity index (χ1v) is 8.14. The highest BCUT2D eigenvalue weighted by molar-refractivity contribution is 7.10. The number of thiophene rings is 1. The molecule has 2 heterocycles. The molecule has 3 nitrogen and oxygen atoms in total. The zero-order valence-corrected chi connectivity index (χ0v) is 13.2. The van der Waals surface area contributed by atoms with E-state index in [0.717, 1.165) is 13.0 Å². The van der Waals surface area contributed by atoms with Crippen LogP contribution >= 0.6 is 22.9 Å². The van der Waals surface area contributed by atoms with E-state index >= 15 is 0 Å². The smallest absolute Gasteiger partial charge is 0.325 e. The molecule has 110 valence electrons. The second-order valence-electron chi connectivity index (χ2n) is 5.23. The first kappa shape index (κ1) is 14.6. The number of hydrogen-bond acceptors (Lipinski definition) is 3. The maximum atomic E-state index is 11.8. The summed E-state index contributed by atoms with van der Waals surface area (Å²) in [5.41, 5.74) is 1.90. The maximum absolute atomic E-state index is 11.8. The Labute approximate surface area is 132 Å². The van der Waals surface area contributed by atoms with Crippen LogP contribution < -0.4 is 0 Å². The van der Waals surface area contributed by atoms with Gasteiger partial charge in [0.25, 0.3) is 0 Å². The van der Waals surface area contributed by atoms with E-state index in [4.69, 9.17) is 11.6 Å². The third-order valence-electron chi connectivity index (χ3n) is 4.09. The van der Waals surface area contributed by atoms with Crippen LogP contribution in [0.25, 0.3) is 0 Å². The molecule has 0 aliphatic carbocycles. The highest BCUT2D eigenvalue weighted by Crippen LogP contribution is 2.39. The zero-order valence-electron chi connectivity index (χ0n) is 11.6. The molecule has 3 rings (SSSR count). The van der Waals surface area contributed by atoms with Crippen LogP contribution in [-0.4, -0.2) is 22.5 Å². The Morgan fingerprint density at radius 3 is 2.90 bits per heavy atom. The van der Waals surface area contributed by atoms with Crippen molar-refractivity contribution < 1.29 is 9.90 Å². The van der Waals surface area contributed by atoms with Gasteiger partial charge in [0.05, 0.1) is 0 Å². The molecule has 1 N–H and O–H groups in total. The fraction of sp³-hybridized carbons (Fsp3) is 0.312. The van der Waals surface area contributed by atoms with E-state index in [0.29, 0.717) is 10.6 Å². The summed E-state index contributed by atoms with van der Waals surface area (Å²) in [5.74, 6) is -0.853. The van der Waals surface area contributed by atoms with Gasteiger partial charge in [-0.1, -0.05) is 29.8 Å². The molecule has 1 aromatic heterocycles. The molecule has 0 amide bonds. The van der Waals surface area contributed by atoms with Crippen LogP contribution in [0.5, 0.6) is 0 Å². The molecule has 5 heteroatoms. The standard InChI is InChI=1S/C16H16ClNO2S/c1-10-11-7-9-21-14(11)6-8-18(10)15(16(19)20)12-4-2-3-5-13(12)17/h2-5,7,9-10,15H,6,8H2,1H3,(H,19,20)/t10?,15-/m0/s1. The van der Waals surface area contributed by atoms with Gasteiger partial charge in [-0.25, -0.2) is 0 Å². The SMILES string of the molecule is CC1c2ccsc2CCN1[C@H](C(=O)O)c1ccccc1Cl. The Hall–Kier alpha value is -1.36. The van der Waals surface area contributed by atoms with E-state index in [1.165, 1.54) is 10.4 Å². The van der Waals surface area contributed by atoms with Crippen molar-refractivity contribution in [3.05, 3.63) is 56.7 Å². The number of carbonyl (C=O) groups is 1. The molecular formula is C16H16ClNO2S. The number of benzene rings is 1. The van der Waals surface area contributed by atoms with E-state index in [1.54, 1.807) is 23.5 Å². The predicted octanol–water partition coefficient (Wildman–Crippen LogP) is 4.15. The molecule has 0 bridgehead atoms. The van der Waals surface area contributed by atoms with Gasteiger partial charge in [-0.2, -0.15) is 0 Å². The Morgan fingerprint density at radius 1 is 1.43 bits per heavy atom. The molecule has 1 unspecified atom stereocenters. The largest absolute Gasteiger partial charge is 0.480 e. The van der Waals surface area contributed by atoms with Gasteiger partial charge in [-0.05, 0) is 42.0 Å². The number of carboxylic acids is 1. The van der Waals surface area contributed by atoms with Crippen molar-refractivity contribution in [2.24, 2.45) is 0 Å². The minimum atomic E-state index is -0.853. The average Bonchev–Trinajstić information content (AvgIpc) is 2.92. The summed E-state index contributed by atoms with van der Waals surface area (Å²) in [7, 11) is 0. The third-order valence-corrected chi connectivity index (χ3v) is 5.43. The molecule has 21 heavy (non-hydrogen) atoms. The molecular weight excluding hydrogens is 306 g/mol. The van der Waals surface area contributed by atoms with Crippen LogP contribution in [0.15, 0.2) is 35.7 Å². The Balaban J connectivity index is 2.00. The number of aliphatic carboxylic acids is 1. The van der Waals surface area contributed by atoms with Crippen molar-refractivity contribution in [3.8, 4) is 0 Å². The van der Waals surface area contributed by atoms with Crippen molar-refractivity contribution in [3.63, 3.8) is 0 Å². The van der Waals surface area contributed by atoms with Crippen LogP contribution in [0.3, 0.4) is 0 Å². The molecule has 2 aromatic rings. The first-order chi connectivity index (χ1) is 10.1. The van der Waals surface area contributed by atoms with Crippen molar-refractivity contribution in [2.75, 3.05) is 6.54 Å². The number of rotatable bonds is 3. The minimum Gasteiger partial charge on any atom is -0.480 e. The number of nitrogens with zero attached hydrogens (tertiary/aromatic N) is 1. The van der Waals surface area contributed by atoms with Gasteiger partial charge < -0.3 is 5.11 Å². The minimum absolute atomic E-state index is 0.0809. The Kier molecular flexibility index (Phi) is 4.02. The summed E-state index contributed by atoms with van der Waals surface area (Å²) in [6.07, 6.45) is 0.894. The summed E-state index contributed by atoms with van der Waals surface area (Å²) < 4.78 is 0. The summed E-state index contributed by atoms with van der Waals surface area (Å²) in [5, 5.41) is 12.3. The molecule has 0 fully saturated rings. The number of hydrogen-bond donors (Lipinski definition) is 1. The van der Waals surface area contributed by atoms with Gasteiger partial charge in [0.2, 0.25) is 0 Å². The summed E-state index contributed by atoms with van der Waals surface area (Å²) in [6, 6.07) is 8.68. The Bertz CT molecular complexity index is 670. The molecule has 0 saturated carbocycles. The van der Waals surface area contributed by atoms with Gasteiger partial charge in [0.15, 0.2) is 0 Å². The molecule has 0 radical (unpaired) electrons. The normalized spacial score (nSPS) is 20.0. The predicted molar refractivity (Wildman–Crippen MR) is 85.0 cm³/mol. The van der Waals surface area contributed by atoms with Crippen LogP contribution in [0.4, 0.5) is 0 Å². The van der Waals surface area contributed by atoms with Gasteiger partial charge in [0, 0.05) is 22.5 Å². The van der Waals surface area contributed by atoms with E-state index < -0.39 is 12.0 Å². The lowest BCUT2D eigenvalue weighted by atomic mass is 9.96. The van der Waals surface area contributed by atoms with E-state index in [2.05, 4.69) is 18.4 Å². The molecule has 0 saturated heterocycles. The topological polar surface area (TPSA) is 40.5 Å². The lowest BCUT2D eigenvalue weighted by molar-refractivity contribution is -0.144. The van der Waals surface area contributed by atoms with Gasteiger partial charge in [-0.15, -0.1) is 11.3 Å². The lowest BCUT2D eigenvalue weighted by Crippen LogP contribution is -2.40. The molecule has 2 atom stereocenters. The van der Waals surface area contributed by atoms with E-state index in [-0.39, 0.29) is 6.04 Å². The second kappa shape index (κ2) is 5.79. The highest BCUT2D eigenvalue weighted by atomic mass is 35.5. The number of carboxylic acid groups (broad SMARTS) is 1. The fourth-order valence-corrected chi connectivity index (χ4v) is 4.23. The lowest BCUT2D eigenvalue weighted by Gasteiger charge is -2.38. The highest BCUT2D eigenvalue weighted by Gasteiger charge is 2.35. The van der Waals surface area contributed by atoms with Crippen molar-refractivity contribution >= 4 is 28.9 Å². The molecule has 0 spiro atoms. The maximum Gasteiger partial charge on any atom is 0.325 e. The zero-order chi connectivity index (χ0) is 15.0. The van der Waals surface area contributed by atoms with Crippen molar-refractivity contribution in [1.29, 1.82) is 0 Å². The van der Waals surface area contributed by atoms with Crippen LogP contribution in [0.2, 0.25) is 5.02 Å². The van der Waals surface area contributed by atoms with Gasteiger partial charge in [-0.3, -0.25) is 9.69 Å². The van der Waals surface area contributed by atoms with Gasteiger partial charge >= 0.3 is 5.97 Å². The Morgan fingerprint density at radius 2 is 2.19 bits per heavy atom. The van der Waals surface area contributed by atoms with Crippen LogP contribution in [-0.2, 0) is 11.2 Å². The average molecular weight is 322 g/mol. The number of halogens is 1. The van der Waals surface area contributed by atoms with E-state index in [9.17, 15) is 9.90 Å². The summed E-state index contributed by atoms with van der Waals surface area (Å²) in [4.78, 5) is 15.2. The van der Waals surface area contributed by atoms with Crippen LogP contribution in [0.1, 0.15) is 35.0 Å². The second-order valence-corrected chi connectivity index (χ2v) is 6.63. The van der Waals surface area contributed by atoms with Crippen molar-refractivity contribution in [2.45, 2.75) is 25.4 Å². The molecule has 1 aliphatic rings. The van der Waals surface area contributed by atoms with Crippen LogP contribution in [0, 0.1) is 0 Å². The quantitative estimate of drug-likeness (QED) is 0.923. The molecule has 1 aromatic carbocycles.